The van der Waals surface area contributed by atoms with Crippen molar-refractivity contribution in [1.82, 2.24) is 5.43 Å². The van der Waals surface area contributed by atoms with E-state index < -0.39 is 0 Å². The first-order chi connectivity index (χ1) is 12.6. The largest absolute Gasteiger partial charge is 0.494 e. The van der Waals surface area contributed by atoms with Crippen LogP contribution in [0.1, 0.15) is 29.3 Å². The van der Waals surface area contributed by atoms with Crippen molar-refractivity contribution >= 4 is 28.1 Å². The van der Waals surface area contributed by atoms with E-state index in [1.807, 2.05) is 13.0 Å². The van der Waals surface area contributed by atoms with Crippen LogP contribution in [0, 0.1) is 0 Å². The van der Waals surface area contributed by atoms with Crippen molar-refractivity contribution < 1.29 is 19.0 Å². The highest BCUT2D eigenvalue weighted by molar-refractivity contribution is 9.10. The average molecular weight is 421 g/mol. The van der Waals surface area contributed by atoms with Gasteiger partial charge in [0.25, 0.3) is 5.91 Å². The average Bonchev–Trinajstić information content (AvgIpc) is 2.66. The predicted octanol–water partition coefficient (Wildman–Crippen LogP) is 4.02. The Bertz CT molecular complexity index is 776. The number of rotatable bonds is 8. The molecular weight excluding hydrogens is 400 g/mol. The lowest BCUT2D eigenvalue weighted by atomic mass is 10.2. The highest BCUT2D eigenvalue weighted by atomic mass is 79.9. The summed E-state index contributed by atoms with van der Waals surface area (Å²) in [6.45, 7) is 2.69. The fourth-order valence-corrected chi connectivity index (χ4v) is 2.79. The van der Waals surface area contributed by atoms with E-state index >= 15 is 0 Å². The second-order valence-electron chi connectivity index (χ2n) is 5.31. The van der Waals surface area contributed by atoms with Crippen molar-refractivity contribution in [2.75, 3.05) is 20.8 Å². The first kappa shape index (κ1) is 19.8. The molecule has 0 aliphatic rings. The van der Waals surface area contributed by atoms with E-state index in [1.165, 1.54) is 6.21 Å². The molecule has 0 spiro atoms. The van der Waals surface area contributed by atoms with Gasteiger partial charge in [-0.1, -0.05) is 6.92 Å². The maximum absolute atomic E-state index is 12.1. The molecule has 0 aliphatic carbocycles. The molecule has 0 radical (unpaired) electrons. The van der Waals surface area contributed by atoms with Crippen LogP contribution in [0.2, 0.25) is 0 Å². The summed E-state index contributed by atoms with van der Waals surface area (Å²) in [6.07, 6.45) is 2.46. The Labute approximate surface area is 161 Å². The number of halogens is 1. The molecule has 1 amide bonds. The van der Waals surface area contributed by atoms with Gasteiger partial charge in [0.05, 0.1) is 31.5 Å². The zero-order valence-electron chi connectivity index (χ0n) is 14.9. The summed E-state index contributed by atoms with van der Waals surface area (Å²) in [6, 6.07) is 10.5. The minimum absolute atomic E-state index is 0.303. The summed E-state index contributed by atoms with van der Waals surface area (Å²) in [7, 11) is 3.12. The van der Waals surface area contributed by atoms with E-state index in [4.69, 9.17) is 14.2 Å². The summed E-state index contributed by atoms with van der Waals surface area (Å²) in [5, 5.41) is 3.99. The Hall–Kier alpha value is -2.54. The fraction of sp³-hybridized carbons (Fsp3) is 0.263. The number of methoxy groups -OCH3 is 2. The zero-order chi connectivity index (χ0) is 18.9. The highest BCUT2D eigenvalue weighted by Crippen LogP contribution is 2.35. The van der Waals surface area contributed by atoms with E-state index in [1.54, 1.807) is 44.6 Å². The number of hydrogen-bond acceptors (Lipinski definition) is 5. The summed E-state index contributed by atoms with van der Waals surface area (Å²) >= 11 is 3.42. The van der Waals surface area contributed by atoms with Crippen LogP contribution in [0.15, 0.2) is 46.0 Å². The second kappa shape index (κ2) is 9.82. The molecule has 0 unspecified atom stereocenters. The Morgan fingerprint density at radius 2 is 1.92 bits per heavy atom. The molecule has 0 saturated heterocycles. The van der Waals surface area contributed by atoms with Gasteiger partial charge in [-0.05, 0) is 64.3 Å². The van der Waals surface area contributed by atoms with Crippen LogP contribution in [0.3, 0.4) is 0 Å². The minimum Gasteiger partial charge on any atom is -0.494 e. The van der Waals surface area contributed by atoms with Gasteiger partial charge in [0.15, 0.2) is 11.5 Å². The summed E-state index contributed by atoms with van der Waals surface area (Å²) in [5.41, 5.74) is 3.75. The first-order valence-corrected chi connectivity index (χ1v) is 8.86. The molecular formula is C19H21BrN2O4. The molecule has 0 heterocycles. The molecule has 138 valence electrons. The normalized spacial score (nSPS) is 10.6. The highest BCUT2D eigenvalue weighted by Gasteiger charge is 2.10. The number of ether oxygens (including phenoxy) is 3. The lowest BCUT2D eigenvalue weighted by Gasteiger charge is -2.10. The van der Waals surface area contributed by atoms with Crippen molar-refractivity contribution in [3.05, 3.63) is 52.0 Å². The molecule has 6 nitrogen and oxygen atoms in total. The Morgan fingerprint density at radius 3 is 2.54 bits per heavy atom. The fourth-order valence-electron chi connectivity index (χ4n) is 2.16. The molecule has 2 aromatic carbocycles. The Balaban J connectivity index is 2.01. The number of carbonyl (C=O) groups excluding carboxylic acids is 1. The topological polar surface area (TPSA) is 69.2 Å². The van der Waals surface area contributed by atoms with Gasteiger partial charge in [-0.2, -0.15) is 5.10 Å². The standard InChI is InChI=1S/C19H21BrN2O4/c1-4-9-26-15-7-5-14(6-8-15)19(23)22-21-12-13-10-16(20)18(25-3)17(11-13)24-2/h5-8,10-12H,4,9H2,1-3H3,(H,22,23)/b21-12-. The maximum Gasteiger partial charge on any atom is 0.271 e. The third-order valence-electron chi connectivity index (χ3n) is 3.42. The SMILES string of the molecule is CCCOc1ccc(C(=O)N/N=C\c2cc(Br)c(OC)c(OC)c2)cc1. The number of amides is 1. The van der Waals surface area contributed by atoms with E-state index in [-0.39, 0.29) is 5.91 Å². The molecule has 0 atom stereocenters. The quantitative estimate of drug-likeness (QED) is 0.517. The van der Waals surface area contributed by atoms with Gasteiger partial charge in [0.2, 0.25) is 0 Å². The molecule has 7 heteroatoms. The van der Waals surface area contributed by atoms with Gasteiger partial charge in [-0.25, -0.2) is 5.43 Å². The Morgan fingerprint density at radius 1 is 1.19 bits per heavy atom. The second-order valence-corrected chi connectivity index (χ2v) is 6.16. The van der Waals surface area contributed by atoms with Crippen molar-refractivity contribution in [3.63, 3.8) is 0 Å². The van der Waals surface area contributed by atoms with Crippen LogP contribution in [-0.4, -0.2) is 32.9 Å². The van der Waals surface area contributed by atoms with Crippen molar-refractivity contribution in [2.45, 2.75) is 13.3 Å². The van der Waals surface area contributed by atoms with Crippen LogP contribution in [0.5, 0.6) is 17.2 Å². The molecule has 2 aromatic rings. The van der Waals surface area contributed by atoms with Crippen molar-refractivity contribution in [3.8, 4) is 17.2 Å². The third-order valence-corrected chi connectivity index (χ3v) is 4.01. The first-order valence-electron chi connectivity index (χ1n) is 8.06. The minimum atomic E-state index is -0.303. The smallest absolute Gasteiger partial charge is 0.271 e. The van der Waals surface area contributed by atoms with Gasteiger partial charge in [0.1, 0.15) is 5.75 Å². The number of benzene rings is 2. The number of carbonyl (C=O) groups is 1. The predicted molar refractivity (Wildman–Crippen MR) is 105 cm³/mol. The Kier molecular flexibility index (Phi) is 7.47. The van der Waals surface area contributed by atoms with Crippen LogP contribution >= 0.6 is 15.9 Å². The van der Waals surface area contributed by atoms with Gasteiger partial charge in [-0.3, -0.25) is 4.79 Å². The molecule has 1 N–H and O–H groups in total. The number of nitrogens with one attached hydrogen (secondary N) is 1. The summed E-state index contributed by atoms with van der Waals surface area (Å²) in [5.74, 6) is 1.60. The maximum atomic E-state index is 12.1. The summed E-state index contributed by atoms with van der Waals surface area (Å²) < 4.78 is 16.8. The number of hydrazone groups is 1. The molecule has 0 aliphatic heterocycles. The molecule has 0 aromatic heterocycles. The van der Waals surface area contributed by atoms with Gasteiger partial charge in [-0.15, -0.1) is 0 Å². The van der Waals surface area contributed by atoms with Crippen LogP contribution in [-0.2, 0) is 0 Å². The third kappa shape index (κ3) is 5.23. The number of hydrogen-bond donors (Lipinski definition) is 1. The zero-order valence-corrected chi connectivity index (χ0v) is 16.5. The van der Waals surface area contributed by atoms with E-state index in [0.717, 1.165) is 22.2 Å². The number of nitrogens with zero attached hydrogens (tertiary/aromatic N) is 1. The molecule has 0 bridgehead atoms. The van der Waals surface area contributed by atoms with E-state index in [9.17, 15) is 4.79 Å². The van der Waals surface area contributed by atoms with Crippen LogP contribution in [0.25, 0.3) is 0 Å². The van der Waals surface area contributed by atoms with E-state index in [0.29, 0.717) is 23.7 Å². The lowest BCUT2D eigenvalue weighted by Crippen LogP contribution is -2.17. The lowest BCUT2D eigenvalue weighted by molar-refractivity contribution is 0.0955. The monoisotopic (exact) mass is 420 g/mol. The van der Waals surface area contributed by atoms with Crippen LogP contribution in [0.4, 0.5) is 0 Å². The summed E-state index contributed by atoms with van der Waals surface area (Å²) in [4.78, 5) is 12.1. The molecule has 2 rings (SSSR count). The van der Waals surface area contributed by atoms with Crippen LogP contribution < -0.4 is 19.6 Å². The van der Waals surface area contributed by atoms with E-state index in [2.05, 4.69) is 26.5 Å². The molecule has 0 fully saturated rings. The van der Waals surface area contributed by atoms with Gasteiger partial charge < -0.3 is 14.2 Å². The van der Waals surface area contributed by atoms with Crippen molar-refractivity contribution in [2.24, 2.45) is 5.10 Å². The molecule has 26 heavy (non-hydrogen) atoms. The van der Waals surface area contributed by atoms with Gasteiger partial charge in [0, 0.05) is 5.56 Å². The molecule has 0 saturated carbocycles. The van der Waals surface area contributed by atoms with Gasteiger partial charge >= 0.3 is 0 Å². The van der Waals surface area contributed by atoms with Crippen molar-refractivity contribution in [1.29, 1.82) is 0 Å².